The van der Waals surface area contributed by atoms with Crippen LogP contribution in [0, 0.1) is 0 Å². The summed E-state index contributed by atoms with van der Waals surface area (Å²) in [7, 11) is 1.99. The van der Waals surface area contributed by atoms with Crippen molar-refractivity contribution < 1.29 is 26.6 Å². The minimum absolute atomic E-state index is 0. The highest BCUT2D eigenvalue weighted by Gasteiger charge is 2.27. The van der Waals surface area contributed by atoms with E-state index in [0.29, 0.717) is 4.48 Å². The monoisotopic (exact) mass is 232 g/mol. The third-order valence-electron chi connectivity index (χ3n) is 1.87. The van der Waals surface area contributed by atoms with Crippen LogP contribution in [0.3, 0.4) is 0 Å². The molecule has 0 amide bonds. The van der Waals surface area contributed by atoms with E-state index in [-0.39, 0.29) is 23.6 Å². The van der Waals surface area contributed by atoms with Crippen LogP contribution in [-0.2, 0) is 0 Å². The molecule has 1 atom stereocenters. The molecule has 0 aromatic carbocycles. The van der Waals surface area contributed by atoms with Crippen molar-refractivity contribution in [2.75, 3.05) is 20.2 Å². The van der Waals surface area contributed by atoms with E-state index in [4.69, 9.17) is 5.11 Å². The van der Waals surface area contributed by atoms with Crippen molar-refractivity contribution in [3.8, 4) is 0 Å². The van der Waals surface area contributed by atoms with Crippen LogP contribution in [0.25, 0.3) is 0 Å². The number of quaternary nitrogens is 1. The Morgan fingerprint density at radius 2 is 2.42 bits per heavy atom. The number of aliphatic hydroxyl groups is 1. The van der Waals surface area contributed by atoms with Gasteiger partial charge in [-0.05, 0) is 6.08 Å². The molecule has 3 nitrogen and oxygen atoms in total. The van der Waals surface area contributed by atoms with Crippen molar-refractivity contribution in [3.05, 3.63) is 24.6 Å². The van der Waals surface area contributed by atoms with Crippen molar-refractivity contribution in [2.45, 2.75) is 0 Å². The Morgan fingerprint density at radius 3 is 2.92 bits per heavy atom. The number of halogens is 1. The zero-order valence-electron chi connectivity index (χ0n) is 7.07. The van der Waals surface area contributed by atoms with Crippen molar-refractivity contribution in [1.82, 2.24) is 0 Å². The molecule has 0 fully saturated rings. The standard InChI is InChI=1S/C8H13N2O.BrH/c1-3-4-10(2)7-9-5-8(10)6-11;/h3,5,7,11H,1,4,6H2,2H3;1H/q+1;/p-1. The Kier molecular flexibility index (Phi) is 4.37. The van der Waals surface area contributed by atoms with Gasteiger partial charge in [0.05, 0.1) is 13.2 Å². The van der Waals surface area contributed by atoms with Crippen LogP contribution in [-0.4, -0.2) is 36.1 Å². The average molecular weight is 233 g/mol. The molecule has 12 heavy (non-hydrogen) atoms. The van der Waals surface area contributed by atoms with Gasteiger partial charge in [-0.3, -0.25) is 0 Å². The van der Waals surface area contributed by atoms with E-state index in [2.05, 4.69) is 11.6 Å². The predicted octanol–water partition coefficient (Wildman–Crippen LogP) is -2.50. The Morgan fingerprint density at radius 1 is 1.75 bits per heavy atom. The van der Waals surface area contributed by atoms with Gasteiger partial charge in [-0.2, -0.15) is 0 Å². The molecule has 1 heterocycles. The fourth-order valence-corrected chi connectivity index (χ4v) is 1.11. The molecule has 1 rings (SSSR count). The Hall–Kier alpha value is -0.450. The highest BCUT2D eigenvalue weighted by Crippen LogP contribution is 2.16. The molecule has 1 N–H and O–H groups in total. The zero-order chi connectivity index (χ0) is 8.32. The molecule has 0 bridgehead atoms. The van der Waals surface area contributed by atoms with Gasteiger partial charge in [0.15, 0.2) is 12.0 Å². The number of aliphatic imine (C=N–C) groups is 1. The first-order chi connectivity index (χ1) is 5.23. The predicted molar refractivity (Wildman–Crippen MR) is 44.9 cm³/mol. The van der Waals surface area contributed by atoms with Gasteiger partial charge in [-0.25, -0.2) is 9.48 Å². The minimum Gasteiger partial charge on any atom is -1.00 e. The van der Waals surface area contributed by atoms with Crippen molar-refractivity contribution >= 4 is 6.34 Å². The van der Waals surface area contributed by atoms with E-state index in [1.807, 2.05) is 13.1 Å². The van der Waals surface area contributed by atoms with Crippen molar-refractivity contribution in [1.29, 1.82) is 0 Å². The molecule has 1 aliphatic rings. The second kappa shape index (κ2) is 4.54. The number of likely N-dealkylation sites (N-methyl/N-ethyl adjacent to an activating group) is 1. The average Bonchev–Trinajstić information content (AvgIpc) is 2.31. The van der Waals surface area contributed by atoms with Crippen molar-refractivity contribution in [2.24, 2.45) is 4.99 Å². The van der Waals surface area contributed by atoms with Crippen LogP contribution in [0.1, 0.15) is 0 Å². The lowest BCUT2D eigenvalue weighted by atomic mass is 10.3. The second-order valence-electron chi connectivity index (χ2n) is 2.78. The van der Waals surface area contributed by atoms with E-state index in [1.54, 1.807) is 12.5 Å². The Balaban J connectivity index is 0.00000121. The summed E-state index contributed by atoms with van der Waals surface area (Å²) < 4.78 is 0.556. The molecule has 1 aliphatic heterocycles. The number of hydrogen-bond donors (Lipinski definition) is 1. The van der Waals surface area contributed by atoms with Crippen LogP contribution in [0.4, 0.5) is 0 Å². The molecule has 0 aromatic heterocycles. The van der Waals surface area contributed by atoms with Crippen molar-refractivity contribution in [3.63, 3.8) is 0 Å². The van der Waals surface area contributed by atoms with Gasteiger partial charge < -0.3 is 22.1 Å². The third kappa shape index (κ3) is 2.03. The Labute approximate surface area is 83.1 Å². The summed E-state index contributed by atoms with van der Waals surface area (Å²) >= 11 is 0. The quantitative estimate of drug-likeness (QED) is 0.424. The molecule has 0 spiro atoms. The number of aliphatic hydroxyl groups excluding tert-OH is 1. The lowest BCUT2D eigenvalue weighted by molar-refractivity contribution is -0.765. The summed E-state index contributed by atoms with van der Waals surface area (Å²) in [6.45, 7) is 4.49. The first-order valence-corrected chi connectivity index (χ1v) is 3.54. The van der Waals surface area contributed by atoms with Crippen LogP contribution < -0.4 is 17.0 Å². The zero-order valence-corrected chi connectivity index (χ0v) is 8.66. The molecule has 0 radical (unpaired) electrons. The van der Waals surface area contributed by atoms with Gasteiger partial charge in [0.2, 0.25) is 0 Å². The van der Waals surface area contributed by atoms with Gasteiger partial charge in [-0.1, -0.05) is 6.58 Å². The molecule has 1 unspecified atom stereocenters. The van der Waals surface area contributed by atoms with E-state index in [0.717, 1.165) is 12.2 Å². The molecular weight excluding hydrogens is 220 g/mol. The van der Waals surface area contributed by atoms with E-state index < -0.39 is 0 Å². The molecular formula is C8H13BrN2O. The van der Waals surface area contributed by atoms with Crippen LogP contribution in [0.5, 0.6) is 0 Å². The summed E-state index contributed by atoms with van der Waals surface area (Å²) in [6.07, 6.45) is 5.32. The highest BCUT2D eigenvalue weighted by atomic mass is 79.9. The topological polar surface area (TPSA) is 32.6 Å². The first kappa shape index (κ1) is 11.6. The largest absolute Gasteiger partial charge is 1.00 e. The molecule has 0 aromatic rings. The lowest BCUT2D eigenvalue weighted by Crippen LogP contribution is -3.00. The smallest absolute Gasteiger partial charge is 0.195 e. The summed E-state index contributed by atoms with van der Waals surface area (Å²) in [5.74, 6) is 0. The SMILES string of the molecule is C=CC[N+]1(C)C=NC=C1CO.[Br-]. The molecule has 0 saturated carbocycles. The summed E-state index contributed by atoms with van der Waals surface area (Å²) in [5, 5.41) is 8.93. The highest BCUT2D eigenvalue weighted by molar-refractivity contribution is 5.52. The number of rotatable bonds is 3. The minimum atomic E-state index is 0. The fourth-order valence-electron chi connectivity index (χ4n) is 1.11. The first-order valence-electron chi connectivity index (χ1n) is 3.54. The molecule has 0 aliphatic carbocycles. The summed E-state index contributed by atoms with van der Waals surface area (Å²) in [5.41, 5.74) is 0.907. The normalized spacial score (nSPS) is 26.3. The maximum Gasteiger partial charge on any atom is 0.195 e. The van der Waals surface area contributed by atoms with E-state index in [9.17, 15) is 0 Å². The maximum absolute atomic E-state index is 8.93. The molecule has 0 saturated heterocycles. The summed E-state index contributed by atoms with van der Waals surface area (Å²) in [6, 6.07) is 0. The van der Waals surface area contributed by atoms with Crippen LogP contribution in [0.15, 0.2) is 29.5 Å². The van der Waals surface area contributed by atoms with Gasteiger partial charge >= 0.3 is 0 Å². The van der Waals surface area contributed by atoms with E-state index in [1.165, 1.54) is 0 Å². The van der Waals surface area contributed by atoms with Crippen LogP contribution >= 0.6 is 0 Å². The molecule has 68 valence electrons. The summed E-state index contributed by atoms with van der Waals surface area (Å²) in [4.78, 5) is 3.98. The van der Waals surface area contributed by atoms with Gasteiger partial charge in [0.25, 0.3) is 0 Å². The van der Waals surface area contributed by atoms with E-state index >= 15 is 0 Å². The second-order valence-corrected chi connectivity index (χ2v) is 2.78. The van der Waals surface area contributed by atoms with Gasteiger partial charge in [-0.15, -0.1) is 0 Å². The third-order valence-corrected chi connectivity index (χ3v) is 1.87. The maximum atomic E-state index is 8.93. The number of nitrogens with zero attached hydrogens (tertiary/aromatic N) is 2. The van der Waals surface area contributed by atoms with Gasteiger partial charge in [0, 0.05) is 0 Å². The fraction of sp³-hybridized carbons (Fsp3) is 0.375. The van der Waals surface area contributed by atoms with Gasteiger partial charge in [0.1, 0.15) is 13.2 Å². The Bertz CT molecular complexity index is 225. The number of hydrogen-bond acceptors (Lipinski definition) is 2. The molecule has 4 heteroatoms. The lowest BCUT2D eigenvalue weighted by Gasteiger charge is -2.24. The van der Waals surface area contributed by atoms with Crippen LogP contribution in [0.2, 0.25) is 0 Å².